The van der Waals surface area contributed by atoms with E-state index in [1.807, 2.05) is 24.3 Å². The van der Waals surface area contributed by atoms with Gasteiger partial charge in [-0.05, 0) is 67.6 Å². The summed E-state index contributed by atoms with van der Waals surface area (Å²) in [5.41, 5.74) is 3.76. The van der Waals surface area contributed by atoms with Gasteiger partial charge in [0.25, 0.3) is 0 Å². The smallest absolute Gasteiger partial charge is 0.338 e. The molecule has 0 atom stereocenters. The van der Waals surface area contributed by atoms with Gasteiger partial charge in [-0.1, -0.05) is 89.6 Å². The van der Waals surface area contributed by atoms with Crippen molar-refractivity contribution in [3.8, 4) is 22.6 Å². The molecule has 0 aromatic heterocycles. The minimum absolute atomic E-state index is 0.357. The maximum Gasteiger partial charge on any atom is 0.338 e. The maximum absolute atomic E-state index is 12.1. The summed E-state index contributed by atoms with van der Waals surface area (Å²) in [6, 6.07) is 13.2. The lowest BCUT2D eigenvalue weighted by molar-refractivity contribution is -0.131. The van der Waals surface area contributed by atoms with Gasteiger partial charge in [-0.25, -0.2) is 9.59 Å². The van der Waals surface area contributed by atoms with Crippen LogP contribution < -0.4 is 9.47 Å². The van der Waals surface area contributed by atoms with Crippen LogP contribution in [0.4, 0.5) is 0 Å². The number of benzene rings is 2. The standard InChI is InChI=1S/C31H40O4/c1-6-7-8-9-10-11-12-13-14-15-27-22-26(18-21-29(27)35-31(33)24(4)5)25-16-19-28(20-17-25)34-30(32)23(2)3/h16-22H,2,4,6-15H2,1,3,5H3. The first kappa shape index (κ1) is 28.1. The van der Waals surface area contributed by atoms with Gasteiger partial charge in [0.05, 0.1) is 0 Å². The second kappa shape index (κ2) is 15.0. The molecule has 0 unspecified atom stereocenters. The quantitative estimate of drug-likeness (QED) is 0.112. The molecule has 0 saturated heterocycles. The van der Waals surface area contributed by atoms with E-state index in [2.05, 4.69) is 26.1 Å². The molecule has 0 bridgehead atoms. The van der Waals surface area contributed by atoms with E-state index in [9.17, 15) is 9.59 Å². The molecular formula is C31H40O4. The average molecular weight is 477 g/mol. The van der Waals surface area contributed by atoms with Crippen LogP contribution >= 0.6 is 0 Å². The molecular weight excluding hydrogens is 436 g/mol. The highest BCUT2D eigenvalue weighted by Crippen LogP contribution is 2.30. The van der Waals surface area contributed by atoms with Gasteiger partial charge in [0, 0.05) is 11.1 Å². The van der Waals surface area contributed by atoms with E-state index in [-0.39, 0.29) is 0 Å². The second-order valence-corrected chi connectivity index (χ2v) is 9.27. The van der Waals surface area contributed by atoms with E-state index >= 15 is 0 Å². The van der Waals surface area contributed by atoms with Gasteiger partial charge in [-0.15, -0.1) is 0 Å². The Labute approximate surface area is 211 Å². The molecule has 2 aromatic rings. The molecule has 0 fully saturated rings. The number of rotatable bonds is 15. The van der Waals surface area contributed by atoms with E-state index in [1.54, 1.807) is 26.0 Å². The van der Waals surface area contributed by atoms with Crippen LogP contribution in [0, 0.1) is 0 Å². The van der Waals surface area contributed by atoms with Crippen LogP contribution in [0.2, 0.25) is 0 Å². The predicted octanol–water partition coefficient (Wildman–Crippen LogP) is 8.39. The first-order valence-corrected chi connectivity index (χ1v) is 12.8. The minimum Gasteiger partial charge on any atom is -0.423 e. The summed E-state index contributed by atoms with van der Waals surface area (Å²) in [7, 11) is 0. The SMILES string of the molecule is C=C(C)C(=O)Oc1ccc(-c2ccc(OC(=O)C(=C)C)c(CCCCCCCCCCC)c2)cc1. The lowest BCUT2D eigenvalue weighted by atomic mass is 9.98. The molecule has 0 aliphatic heterocycles. The Morgan fingerprint density at radius 3 is 1.77 bits per heavy atom. The van der Waals surface area contributed by atoms with Gasteiger partial charge in [0.2, 0.25) is 0 Å². The number of esters is 2. The molecule has 188 valence electrons. The molecule has 4 nitrogen and oxygen atoms in total. The van der Waals surface area contributed by atoms with E-state index in [1.165, 1.54) is 44.9 Å². The first-order chi connectivity index (χ1) is 16.8. The van der Waals surface area contributed by atoms with Crippen molar-refractivity contribution >= 4 is 11.9 Å². The summed E-state index contributed by atoms with van der Waals surface area (Å²) < 4.78 is 10.9. The van der Waals surface area contributed by atoms with Crippen LogP contribution in [-0.2, 0) is 16.0 Å². The highest BCUT2D eigenvalue weighted by molar-refractivity contribution is 5.89. The third-order valence-electron chi connectivity index (χ3n) is 5.91. The molecule has 0 saturated carbocycles. The lowest BCUT2D eigenvalue weighted by Gasteiger charge is -2.13. The van der Waals surface area contributed by atoms with Gasteiger partial charge < -0.3 is 9.47 Å². The molecule has 2 rings (SSSR count). The van der Waals surface area contributed by atoms with Crippen molar-refractivity contribution in [2.75, 3.05) is 0 Å². The molecule has 35 heavy (non-hydrogen) atoms. The molecule has 2 aromatic carbocycles. The van der Waals surface area contributed by atoms with Crippen LogP contribution in [-0.4, -0.2) is 11.9 Å². The third-order valence-corrected chi connectivity index (χ3v) is 5.91. The zero-order valence-electron chi connectivity index (χ0n) is 21.7. The third kappa shape index (κ3) is 9.94. The Kier molecular flexibility index (Phi) is 12.0. The first-order valence-electron chi connectivity index (χ1n) is 12.8. The van der Waals surface area contributed by atoms with Gasteiger partial charge in [-0.2, -0.15) is 0 Å². The fourth-order valence-corrected chi connectivity index (χ4v) is 3.78. The maximum atomic E-state index is 12.1. The largest absolute Gasteiger partial charge is 0.423 e. The minimum atomic E-state index is -0.440. The second-order valence-electron chi connectivity index (χ2n) is 9.27. The van der Waals surface area contributed by atoms with Crippen molar-refractivity contribution in [1.82, 2.24) is 0 Å². The molecule has 0 heterocycles. The number of aryl methyl sites for hydroxylation is 1. The summed E-state index contributed by atoms with van der Waals surface area (Å²) in [5.74, 6) is 0.219. The lowest BCUT2D eigenvalue weighted by Crippen LogP contribution is -2.10. The van der Waals surface area contributed by atoms with Crippen molar-refractivity contribution in [3.05, 3.63) is 72.3 Å². The van der Waals surface area contributed by atoms with Crippen LogP contribution in [0.5, 0.6) is 11.5 Å². The Hall–Kier alpha value is -3.14. The number of unbranched alkanes of at least 4 members (excludes halogenated alkanes) is 8. The fraction of sp³-hybridized carbons (Fsp3) is 0.419. The van der Waals surface area contributed by atoms with Crippen molar-refractivity contribution < 1.29 is 19.1 Å². The monoisotopic (exact) mass is 476 g/mol. The molecule has 4 heteroatoms. The number of carbonyl (C=O) groups is 2. The van der Waals surface area contributed by atoms with E-state index < -0.39 is 11.9 Å². The van der Waals surface area contributed by atoms with Crippen molar-refractivity contribution in [2.24, 2.45) is 0 Å². The summed E-state index contributed by atoms with van der Waals surface area (Å²) >= 11 is 0. The highest BCUT2D eigenvalue weighted by Gasteiger charge is 2.12. The molecule has 0 radical (unpaired) electrons. The molecule has 0 aliphatic carbocycles. The summed E-state index contributed by atoms with van der Waals surface area (Å²) in [5, 5.41) is 0. The van der Waals surface area contributed by atoms with E-state index in [0.717, 1.165) is 36.0 Å². The normalized spacial score (nSPS) is 10.6. The van der Waals surface area contributed by atoms with Gasteiger partial charge >= 0.3 is 11.9 Å². The number of carbonyl (C=O) groups excluding carboxylic acids is 2. The molecule has 0 aliphatic rings. The van der Waals surface area contributed by atoms with Crippen molar-refractivity contribution in [1.29, 1.82) is 0 Å². The average Bonchev–Trinajstić information content (AvgIpc) is 2.84. The van der Waals surface area contributed by atoms with Gasteiger partial charge in [0.1, 0.15) is 11.5 Å². The summed E-state index contributed by atoms with van der Waals surface area (Å²) in [6.45, 7) is 12.8. The van der Waals surface area contributed by atoms with Crippen LogP contribution in [0.25, 0.3) is 11.1 Å². The van der Waals surface area contributed by atoms with Crippen molar-refractivity contribution in [3.63, 3.8) is 0 Å². The molecule has 0 N–H and O–H groups in total. The Bertz CT molecular complexity index is 1000. The van der Waals surface area contributed by atoms with Crippen LogP contribution in [0.1, 0.15) is 84.1 Å². The van der Waals surface area contributed by atoms with E-state index in [0.29, 0.717) is 22.6 Å². The van der Waals surface area contributed by atoms with E-state index in [4.69, 9.17) is 9.47 Å². The Morgan fingerprint density at radius 1 is 0.686 bits per heavy atom. The van der Waals surface area contributed by atoms with Crippen molar-refractivity contribution in [2.45, 2.75) is 85.0 Å². The predicted molar refractivity (Wildman–Crippen MR) is 144 cm³/mol. The Balaban J connectivity index is 2.05. The summed E-state index contributed by atoms with van der Waals surface area (Å²) in [6.07, 6.45) is 12.2. The fourth-order valence-electron chi connectivity index (χ4n) is 3.78. The van der Waals surface area contributed by atoms with Gasteiger partial charge in [-0.3, -0.25) is 0 Å². The van der Waals surface area contributed by atoms with Crippen LogP contribution in [0.15, 0.2) is 66.8 Å². The zero-order valence-corrected chi connectivity index (χ0v) is 21.7. The summed E-state index contributed by atoms with van der Waals surface area (Å²) in [4.78, 5) is 23.9. The highest BCUT2D eigenvalue weighted by atomic mass is 16.5. The number of ether oxygens (including phenoxy) is 2. The number of hydrogen-bond acceptors (Lipinski definition) is 4. The Morgan fingerprint density at radius 2 is 1.20 bits per heavy atom. The van der Waals surface area contributed by atoms with Crippen LogP contribution in [0.3, 0.4) is 0 Å². The van der Waals surface area contributed by atoms with Gasteiger partial charge in [0.15, 0.2) is 0 Å². The zero-order chi connectivity index (χ0) is 25.6. The topological polar surface area (TPSA) is 52.6 Å². The number of hydrogen-bond donors (Lipinski definition) is 0. The molecule has 0 amide bonds. The molecule has 0 spiro atoms.